The highest BCUT2D eigenvalue weighted by Gasteiger charge is 2.09. The topological polar surface area (TPSA) is 97.9 Å². The van der Waals surface area contributed by atoms with E-state index >= 15 is 0 Å². The number of rotatable bonds is 2. The second kappa shape index (κ2) is 4.33. The van der Waals surface area contributed by atoms with E-state index in [4.69, 9.17) is 5.73 Å². The first-order valence-corrected chi connectivity index (χ1v) is 5.22. The molecule has 0 spiro atoms. The third kappa shape index (κ3) is 1.95. The molecule has 18 heavy (non-hydrogen) atoms. The monoisotopic (exact) mass is 245 g/mol. The fourth-order valence-electron chi connectivity index (χ4n) is 1.68. The summed E-state index contributed by atoms with van der Waals surface area (Å²) < 4.78 is 0.936. The predicted octanol–water partition coefficient (Wildman–Crippen LogP) is -0.0669. The molecule has 0 aliphatic carbocycles. The lowest BCUT2D eigenvalue weighted by Gasteiger charge is -2.07. The lowest BCUT2D eigenvalue weighted by molar-refractivity contribution is 0.0999. The zero-order chi connectivity index (χ0) is 13.3. The van der Waals surface area contributed by atoms with Gasteiger partial charge in [0.05, 0.1) is 5.69 Å². The average molecular weight is 245 g/mol. The number of H-pyrrole nitrogens is 1. The number of benzene rings is 1. The Morgan fingerprint density at radius 2 is 2.00 bits per heavy atom. The van der Waals surface area contributed by atoms with Gasteiger partial charge in [-0.3, -0.25) is 9.59 Å². The smallest absolute Gasteiger partial charge is 0.332 e. The van der Waals surface area contributed by atoms with Crippen LogP contribution in [0.4, 0.5) is 0 Å². The third-order valence-corrected chi connectivity index (χ3v) is 2.60. The first-order chi connectivity index (χ1) is 8.50. The van der Waals surface area contributed by atoms with Gasteiger partial charge >= 0.3 is 5.69 Å². The summed E-state index contributed by atoms with van der Waals surface area (Å²) in [6, 6.07) is 5.87. The summed E-state index contributed by atoms with van der Waals surface area (Å²) >= 11 is 0. The summed E-state index contributed by atoms with van der Waals surface area (Å²) in [7, 11) is 0. The van der Waals surface area contributed by atoms with Gasteiger partial charge in [0.2, 0.25) is 5.91 Å². The third-order valence-electron chi connectivity index (χ3n) is 2.60. The number of aromatic nitrogens is 2. The number of aryl methyl sites for hydroxylation is 1. The molecule has 0 saturated heterocycles. The first-order valence-electron chi connectivity index (χ1n) is 5.22. The number of primary amides is 1. The Labute approximate surface area is 102 Å². The van der Waals surface area contributed by atoms with E-state index in [9.17, 15) is 14.4 Å². The van der Waals surface area contributed by atoms with Crippen molar-refractivity contribution >= 4 is 5.91 Å². The normalized spacial score (nSPS) is 10.3. The highest BCUT2D eigenvalue weighted by atomic mass is 16.2. The Hall–Kier alpha value is -2.63. The summed E-state index contributed by atoms with van der Waals surface area (Å²) in [5.74, 6) is -0.602. The van der Waals surface area contributed by atoms with E-state index in [2.05, 4.69) is 4.98 Å². The molecule has 92 valence electrons. The number of aromatic amines is 1. The molecule has 6 nitrogen and oxygen atoms in total. The van der Waals surface area contributed by atoms with Crippen LogP contribution in [0.15, 0.2) is 40.1 Å². The van der Waals surface area contributed by atoms with Crippen molar-refractivity contribution in [3.8, 4) is 5.69 Å². The van der Waals surface area contributed by atoms with Crippen molar-refractivity contribution in [2.45, 2.75) is 6.92 Å². The van der Waals surface area contributed by atoms with E-state index in [-0.39, 0.29) is 5.56 Å². The van der Waals surface area contributed by atoms with Crippen molar-refractivity contribution in [1.29, 1.82) is 0 Å². The molecule has 0 saturated carbocycles. The maximum absolute atomic E-state index is 11.6. The largest absolute Gasteiger partial charge is 0.366 e. The molecule has 2 aromatic rings. The molecular weight excluding hydrogens is 234 g/mol. The standard InChI is InChI=1S/C12H11N3O3/c1-7-2-3-8(6-9(7)11(13)17)15-10(16)4-5-14-12(15)18/h2-6H,1H3,(H2,13,17)(H,14,18). The molecule has 1 amide bonds. The minimum absolute atomic E-state index is 0.280. The number of amides is 1. The molecule has 1 aromatic carbocycles. The van der Waals surface area contributed by atoms with Gasteiger partial charge in [-0.1, -0.05) is 6.07 Å². The van der Waals surface area contributed by atoms with Crippen molar-refractivity contribution in [2.75, 3.05) is 0 Å². The van der Waals surface area contributed by atoms with E-state index in [1.165, 1.54) is 18.3 Å². The summed E-state index contributed by atoms with van der Waals surface area (Å²) in [4.78, 5) is 36.8. The summed E-state index contributed by atoms with van der Waals surface area (Å²) in [5, 5.41) is 0. The molecule has 0 aliphatic rings. The fourth-order valence-corrected chi connectivity index (χ4v) is 1.68. The van der Waals surface area contributed by atoms with Gasteiger partial charge in [0, 0.05) is 17.8 Å². The van der Waals surface area contributed by atoms with E-state index < -0.39 is 17.2 Å². The minimum atomic E-state index is -0.602. The highest BCUT2D eigenvalue weighted by molar-refractivity contribution is 5.94. The number of nitrogens with two attached hydrogens (primary N) is 1. The van der Waals surface area contributed by atoms with Crippen LogP contribution in [-0.2, 0) is 0 Å². The van der Waals surface area contributed by atoms with E-state index in [0.717, 1.165) is 4.57 Å². The van der Waals surface area contributed by atoms with Gasteiger partial charge in [-0.05, 0) is 24.6 Å². The molecule has 1 heterocycles. The van der Waals surface area contributed by atoms with Crippen LogP contribution in [-0.4, -0.2) is 15.5 Å². The van der Waals surface area contributed by atoms with Crippen LogP contribution in [0.2, 0.25) is 0 Å². The van der Waals surface area contributed by atoms with Crippen LogP contribution in [0.25, 0.3) is 5.69 Å². The zero-order valence-corrected chi connectivity index (χ0v) is 9.64. The molecule has 6 heteroatoms. The van der Waals surface area contributed by atoms with Crippen LogP contribution < -0.4 is 17.0 Å². The van der Waals surface area contributed by atoms with Crippen LogP contribution in [0.5, 0.6) is 0 Å². The summed E-state index contributed by atoms with van der Waals surface area (Å²) in [5.41, 5.74) is 5.46. The van der Waals surface area contributed by atoms with Crippen LogP contribution in [0.3, 0.4) is 0 Å². The van der Waals surface area contributed by atoms with Crippen LogP contribution in [0.1, 0.15) is 15.9 Å². The van der Waals surface area contributed by atoms with Crippen LogP contribution in [0, 0.1) is 6.92 Å². The number of carbonyl (C=O) groups excluding carboxylic acids is 1. The quantitative estimate of drug-likeness (QED) is 0.775. The lowest BCUT2D eigenvalue weighted by atomic mass is 10.1. The number of nitrogens with one attached hydrogen (secondary N) is 1. The molecule has 0 bridgehead atoms. The SMILES string of the molecule is Cc1ccc(-n2c(=O)cc[nH]c2=O)cc1C(N)=O. The second-order valence-electron chi connectivity index (χ2n) is 3.82. The molecule has 0 aliphatic heterocycles. The van der Waals surface area contributed by atoms with Crippen molar-refractivity contribution in [3.63, 3.8) is 0 Å². The number of carbonyl (C=O) groups is 1. The molecular formula is C12H11N3O3. The van der Waals surface area contributed by atoms with E-state index in [1.807, 2.05) is 0 Å². The second-order valence-corrected chi connectivity index (χ2v) is 3.82. The fraction of sp³-hybridized carbons (Fsp3) is 0.0833. The maximum atomic E-state index is 11.6. The number of hydrogen-bond donors (Lipinski definition) is 2. The van der Waals surface area contributed by atoms with Crippen LogP contribution >= 0.6 is 0 Å². The van der Waals surface area contributed by atoms with Gasteiger partial charge in [0.15, 0.2) is 0 Å². The molecule has 2 rings (SSSR count). The number of nitrogens with zero attached hydrogens (tertiary/aromatic N) is 1. The highest BCUT2D eigenvalue weighted by Crippen LogP contribution is 2.12. The lowest BCUT2D eigenvalue weighted by Crippen LogP contribution is -2.32. The Morgan fingerprint density at radius 1 is 1.28 bits per heavy atom. The molecule has 0 fully saturated rings. The summed E-state index contributed by atoms with van der Waals surface area (Å²) in [6.45, 7) is 1.72. The van der Waals surface area contributed by atoms with Gasteiger partial charge in [-0.2, -0.15) is 0 Å². The van der Waals surface area contributed by atoms with Gasteiger partial charge in [0.1, 0.15) is 0 Å². The van der Waals surface area contributed by atoms with Gasteiger partial charge in [-0.25, -0.2) is 9.36 Å². The van der Waals surface area contributed by atoms with Crippen molar-refractivity contribution in [2.24, 2.45) is 5.73 Å². The van der Waals surface area contributed by atoms with Gasteiger partial charge in [-0.15, -0.1) is 0 Å². The van der Waals surface area contributed by atoms with Crippen molar-refractivity contribution in [1.82, 2.24) is 9.55 Å². The molecule has 3 N–H and O–H groups in total. The molecule has 1 aromatic heterocycles. The first kappa shape index (κ1) is 11.8. The minimum Gasteiger partial charge on any atom is -0.366 e. The Morgan fingerprint density at radius 3 is 2.61 bits per heavy atom. The Bertz CT molecular complexity index is 700. The Balaban J connectivity index is 2.73. The van der Waals surface area contributed by atoms with Gasteiger partial charge in [0.25, 0.3) is 5.56 Å². The van der Waals surface area contributed by atoms with Crippen molar-refractivity contribution in [3.05, 3.63) is 62.4 Å². The summed E-state index contributed by atoms with van der Waals surface area (Å²) in [6.07, 6.45) is 1.27. The average Bonchev–Trinajstić information content (AvgIpc) is 2.30. The van der Waals surface area contributed by atoms with E-state index in [0.29, 0.717) is 11.3 Å². The van der Waals surface area contributed by atoms with Gasteiger partial charge < -0.3 is 10.7 Å². The molecule has 0 atom stereocenters. The maximum Gasteiger partial charge on any atom is 0.332 e. The Kier molecular flexibility index (Phi) is 2.85. The van der Waals surface area contributed by atoms with Crippen molar-refractivity contribution < 1.29 is 4.79 Å². The zero-order valence-electron chi connectivity index (χ0n) is 9.64. The molecule has 0 unspecified atom stereocenters. The molecule has 0 radical (unpaired) electrons. The van der Waals surface area contributed by atoms with E-state index in [1.54, 1.807) is 19.1 Å². The number of hydrogen-bond acceptors (Lipinski definition) is 3. The predicted molar refractivity (Wildman–Crippen MR) is 65.9 cm³/mol.